The van der Waals surface area contributed by atoms with Gasteiger partial charge in [0.2, 0.25) is 5.91 Å². The van der Waals surface area contributed by atoms with Crippen LogP contribution in [0.2, 0.25) is 0 Å². The highest BCUT2D eigenvalue weighted by Gasteiger charge is 2.07. The van der Waals surface area contributed by atoms with Gasteiger partial charge in [-0.2, -0.15) is 0 Å². The lowest BCUT2D eigenvalue weighted by Gasteiger charge is -2.15. The van der Waals surface area contributed by atoms with Crippen molar-refractivity contribution in [2.24, 2.45) is 5.73 Å². The lowest BCUT2D eigenvalue weighted by atomic mass is 10.0. The molecule has 0 radical (unpaired) electrons. The summed E-state index contributed by atoms with van der Waals surface area (Å²) in [6.07, 6.45) is 0. The largest absolute Gasteiger partial charge is 0.369 e. The second-order valence-corrected chi connectivity index (χ2v) is 3.43. The number of amides is 1. The molecule has 0 aliphatic rings. The van der Waals surface area contributed by atoms with Gasteiger partial charge >= 0.3 is 0 Å². The van der Waals surface area contributed by atoms with Crippen LogP contribution in [-0.4, -0.2) is 12.5 Å². The van der Waals surface area contributed by atoms with Gasteiger partial charge in [0.1, 0.15) is 0 Å². The first-order chi connectivity index (χ1) is 6.61. The van der Waals surface area contributed by atoms with Gasteiger partial charge in [0.15, 0.2) is 0 Å². The third-order valence-corrected chi connectivity index (χ3v) is 2.24. The zero-order valence-electron chi connectivity index (χ0n) is 8.58. The number of rotatable bonds is 4. The van der Waals surface area contributed by atoms with Gasteiger partial charge in [0, 0.05) is 6.04 Å². The molecule has 0 heterocycles. The number of aryl methyl sites for hydroxylation is 1. The van der Waals surface area contributed by atoms with E-state index in [9.17, 15) is 4.79 Å². The number of carbonyl (C=O) groups excluding carboxylic acids is 1. The summed E-state index contributed by atoms with van der Waals surface area (Å²) in [6, 6.07) is 8.25. The highest BCUT2D eigenvalue weighted by atomic mass is 16.1. The molecule has 0 saturated carbocycles. The molecule has 1 aromatic carbocycles. The van der Waals surface area contributed by atoms with Crippen LogP contribution >= 0.6 is 0 Å². The van der Waals surface area contributed by atoms with E-state index in [-0.39, 0.29) is 18.5 Å². The first-order valence-electron chi connectivity index (χ1n) is 4.68. The fourth-order valence-corrected chi connectivity index (χ4v) is 1.44. The zero-order chi connectivity index (χ0) is 10.6. The molecule has 0 aliphatic heterocycles. The Morgan fingerprint density at radius 2 is 2.14 bits per heavy atom. The van der Waals surface area contributed by atoms with Gasteiger partial charge in [0.05, 0.1) is 6.54 Å². The Morgan fingerprint density at radius 1 is 1.50 bits per heavy atom. The molecular weight excluding hydrogens is 176 g/mol. The van der Waals surface area contributed by atoms with Crippen LogP contribution in [0.4, 0.5) is 0 Å². The maximum absolute atomic E-state index is 10.6. The van der Waals surface area contributed by atoms with Crippen molar-refractivity contribution in [3.63, 3.8) is 0 Å². The lowest BCUT2D eigenvalue weighted by Crippen LogP contribution is -2.30. The molecule has 3 N–H and O–H groups in total. The molecule has 0 spiro atoms. The standard InChI is InChI=1S/C11H16N2O/c1-8-5-3-4-6-10(8)9(2)13-7-11(12)14/h3-6,9,13H,7H2,1-2H3,(H2,12,14). The maximum atomic E-state index is 10.6. The monoisotopic (exact) mass is 192 g/mol. The summed E-state index contributed by atoms with van der Waals surface area (Å²) in [6.45, 7) is 4.29. The van der Waals surface area contributed by atoms with Gasteiger partial charge in [-0.05, 0) is 25.0 Å². The van der Waals surface area contributed by atoms with E-state index in [0.29, 0.717) is 0 Å². The molecule has 0 aromatic heterocycles. The molecule has 1 aromatic rings. The summed E-state index contributed by atoms with van der Waals surface area (Å²) in [5.74, 6) is -0.328. The van der Waals surface area contributed by atoms with Crippen LogP contribution in [0.15, 0.2) is 24.3 Å². The van der Waals surface area contributed by atoms with E-state index in [1.54, 1.807) is 0 Å². The Labute approximate surface area is 84.3 Å². The summed E-state index contributed by atoms with van der Waals surface area (Å²) in [5, 5.41) is 3.06. The molecule has 3 heteroatoms. The quantitative estimate of drug-likeness (QED) is 0.751. The number of carbonyl (C=O) groups is 1. The Bertz CT molecular complexity index is 323. The minimum absolute atomic E-state index is 0.156. The molecule has 1 unspecified atom stereocenters. The number of hydrogen-bond acceptors (Lipinski definition) is 2. The molecular formula is C11H16N2O. The van der Waals surface area contributed by atoms with Gasteiger partial charge in [-0.1, -0.05) is 24.3 Å². The summed E-state index contributed by atoms with van der Waals surface area (Å²) in [4.78, 5) is 10.6. The molecule has 0 saturated heterocycles. The van der Waals surface area contributed by atoms with Crippen LogP contribution in [-0.2, 0) is 4.79 Å². The molecule has 1 atom stereocenters. The van der Waals surface area contributed by atoms with Gasteiger partial charge in [-0.25, -0.2) is 0 Å². The molecule has 1 amide bonds. The van der Waals surface area contributed by atoms with Crippen molar-refractivity contribution < 1.29 is 4.79 Å². The predicted molar refractivity (Wildman–Crippen MR) is 56.8 cm³/mol. The van der Waals surface area contributed by atoms with Crippen LogP contribution in [0.5, 0.6) is 0 Å². The third-order valence-electron chi connectivity index (χ3n) is 2.24. The number of benzene rings is 1. The fourth-order valence-electron chi connectivity index (χ4n) is 1.44. The van der Waals surface area contributed by atoms with Crippen LogP contribution < -0.4 is 11.1 Å². The summed E-state index contributed by atoms with van der Waals surface area (Å²) >= 11 is 0. The van der Waals surface area contributed by atoms with Gasteiger partial charge in [-0.15, -0.1) is 0 Å². The lowest BCUT2D eigenvalue weighted by molar-refractivity contribution is -0.117. The number of nitrogens with one attached hydrogen (secondary N) is 1. The maximum Gasteiger partial charge on any atom is 0.231 e. The normalized spacial score (nSPS) is 12.4. The molecule has 1 rings (SSSR count). The van der Waals surface area contributed by atoms with Gasteiger partial charge in [-0.3, -0.25) is 4.79 Å². The fraction of sp³-hybridized carbons (Fsp3) is 0.364. The van der Waals surface area contributed by atoms with Crippen LogP contribution in [0, 0.1) is 6.92 Å². The average Bonchev–Trinajstić information content (AvgIpc) is 2.15. The summed E-state index contributed by atoms with van der Waals surface area (Å²) < 4.78 is 0. The van der Waals surface area contributed by atoms with Crippen molar-refractivity contribution in [2.45, 2.75) is 19.9 Å². The van der Waals surface area contributed by atoms with Gasteiger partial charge < -0.3 is 11.1 Å². The Balaban J connectivity index is 2.65. The highest BCUT2D eigenvalue weighted by molar-refractivity contribution is 5.75. The van der Waals surface area contributed by atoms with Crippen molar-refractivity contribution in [3.8, 4) is 0 Å². The third kappa shape index (κ3) is 2.85. The Morgan fingerprint density at radius 3 is 2.71 bits per heavy atom. The molecule has 0 fully saturated rings. The SMILES string of the molecule is Cc1ccccc1C(C)NCC(N)=O. The van der Waals surface area contributed by atoms with Crippen LogP contribution in [0.1, 0.15) is 24.1 Å². The van der Waals surface area contributed by atoms with Crippen molar-refractivity contribution >= 4 is 5.91 Å². The zero-order valence-corrected chi connectivity index (χ0v) is 8.58. The first kappa shape index (κ1) is 10.7. The Kier molecular flexibility index (Phi) is 3.65. The molecule has 0 bridgehead atoms. The van der Waals surface area contributed by atoms with Crippen molar-refractivity contribution in [1.29, 1.82) is 0 Å². The van der Waals surface area contributed by atoms with Crippen molar-refractivity contribution in [3.05, 3.63) is 35.4 Å². The molecule has 3 nitrogen and oxygen atoms in total. The van der Waals surface area contributed by atoms with E-state index in [2.05, 4.69) is 18.3 Å². The van der Waals surface area contributed by atoms with E-state index in [1.807, 2.05) is 25.1 Å². The number of primary amides is 1. The first-order valence-corrected chi connectivity index (χ1v) is 4.68. The minimum atomic E-state index is -0.328. The van der Waals surface area contributed by atoms with Crippen molar-refractivity contribution in [2.75, 3.05) is 6.54 Å². The van der Waals surface area contributed by atoms with E-state index >= 15 is 0 Å². The predicted octanol–water partition coefficient (Wildman–Crippen LogP) is 1.13. The van der Waals surface area contributed by atoms with E-state index < -0.39 is 0 Å². The smallest absolute Gasteiger partial charge is 0.231 e. The second-order valence-electron chi connectivity index (χ2n) is 3.43. The van der Waals surface area contributed by atoms with Crippen molar-refractivity contribution in [1.82, 2.24) is 5.32 Å². The van der Waals surface area contributed by atoms with E-state index in [0.717, 1.165) is 0 Å². The van der Waals surface area contributed by atoms with Crippen LogP contribution in [0.3, 0.4) is 0 Å². The Hall–Kier alpha value is -1.35. The second kappa shape index (κ2) is 4.77. The van der Waals surface area contributed by atoms with Gasteiger partial charge in [0.25, 0.3) is 0 Å². The number of hydrogen-bond donors (Lipinski definition) is 2. The van der Waals surface area contributed by atoms with E-state index in [4.69, 9.17) is 5.73 Å². The molecule has 14 heavy (non-hydrogen) atoms. The molecule has 0 aliphatic carbocycles. The molecule has 76 valence electrons. The van der Waals surface area contributed by atoms with Crippen LogP contribution in [0.25, 0.3) is 0 Å². The van der Waals surface area contributed by atoms with E-state index in [1.165, 1.54) is 11.1 Å². The summed E-state index contributed by atoms with van der Waals surface area (Å²) in [7, 11) is 0. The highest BCUT2D eigenvalue weighted by Crippen LogP contribution is 2.15. The summed E-state index contributed by atoms with van der Waals surface area (Å²) in [5.41, 5.74) is 7.48. The average molecular weight is 192 g/mol. The topological polar surface area (TPSA) is 55.1 Å². The number of nitrogens with two attached hydrogens (primary N) is 1. The minimum Gasteiger partial charge on any atom is -0.369 e.